The molecule has 0 aromatic carbocycles. The first-order valence-electron chi connectivity index (χ1n) is 4.71. The Kier molecular flexibility index (Phi) is 3.46. The average Bonchev–Trinajstić information content (AvgIpc) is 2.87. The number of aliphatic hydroxyl groups excluding tert-OH is 1. The lowest BCUT2D eigenvalue weighted by Crippen LogP contribution is -1.87. The van der Waals surface area contributed by atoms with E-state index < -0.39 is 11.0 Å². The molecule has 0 unspecified atom stereocenters. The molecule has 1 atom stereocenters. The molecule has 0 spiro atoms. The minimum atomic E-state index is -0.704. The van der Waals surface area contributed by atoms with E-state index >= 15 is 0 Å². The third-order valence-corrected chi connectivity index (χ3v) is 4.37. The van der Waals surface area contributed by atoms with Gasteiger partial charge in [0.15, 0.2) is 5.16 Å². The Hall–Kier alpha value is -1.38. The smallest absolute Gasteiger partial charge is 0.294 e. The highest BCUT2D eigenvalue weighted by Crippen LogP contribution is 2.41. The molecule has 8 heteroatoms. The van der Waals surface area contributed by atoms with Gasteiger partial charge in [-0.05, 0) is 18.7 Å². The van der Waals surface area contributed by atoms with Crippen molar-refractivity contribution in [3.05, 3.63) is 33.5 Å². The molecule has 2 heterocycles. The van der Waals surface area contributed by atoms with Gasteiger partial charge in [0, 0.05) is 23.3 Å². The standard InChI is InChI=1S/C9H9N3O3S2/c1-5(13)7-4-6(12(14)15)8(16-7)17-9-10-2-3-11-9/h2-5,13H,1H3,(H,10,11)/t5-/m0/s1. The van der Waals surface area contributed by atoms with Crippen LogP contribution in [0.1, 0.15) is 17.9 Å². The van der Waals surface area contributed by atoms with Gasteiger partial charge in [-0.15, -0.1) is 11.3 Å². The molecule has 0 aliphatic heterocycles. The van der Waals surface area contributed by atoms with Gasteiger partial charge in [-0.2, -0.15) is 0 Å². The molecule has 2 N–H and O–H groups in total. The summed E-state index contributed by atoms with van der Waals surface area (Å²) >= 11 is 2.39. The molecule has 2 aromatic rings. The number of H-pyrrole nitrogens is 1. The number of aromatic amines is 1. The number of hydrogen-bond donors (Lipinski definition) is 2. The minimum absolute atomic E-state index is 0.00676. The quantitative estimate of drug-likeness (QED) is 0.658. The summed E-state index contributed by atoms with van der Waals surface area (Å²) in [6.45, 7) is 1.58. The van der Waals surface area contributed by atoms with Crippen molar-refractivity contribution in [1.82, 2.24) is 9.97 Å². The number of aromatic nitrogens is 2. The van der Waals surface area contributed by atoms with Gasteiger partial charge in [-0.25, -0.2) is 4.98 Å². The summed E-state index contributed by atoms with van der Waals surface area (Å²) in [7, 11) is 0. The topological polar surface area (TPSA) is 92.1 Å². The van der Waals surface area contributed by atoms with Gasteiger partial charge in [0.25, 0.3) is 5.69 Å². The predicted octanol–water partition coefficient (Wildman–Crippen LogP) is 2.58. The fourth-order valence-corrected chi connectivity index (χ4v) is 3.32. The van der Waals surface area contributed by atoms with Crippen LogP contribution in [-0.4, -0.2) is 20.0 Å². The van der Waals surface area contributed by atoms with Crippen LogP contribution < -0.4 is 0 Å². The number of rotatable bonds is 4. The molecule has 0 aliphatic carbocycles. The molecule has 0 fully saturated rings. The summed E-state index contributed by atoms with van der Waals surface area (Å²) < 4.78 is 0.515. The van der Waals surface area contributed by atoms with Crippen LogP contribution in [0.2, 0.25) is 0 Å². The van der Waals surface area contributed by atoms with Crippen molar-refractivity contribution in [2.24, 2.45) is 0 Å². The van der Waals surface area contributed by atoms with Crippen molar-refractivity contribution in [3.8, 4) is 0 Å². The highest BCUT2D eigenvalue weighted by Gasteiger charge is 2.22. The Bertz CT molecular complexity index is 522. The lowest BCUT2D eigenvalue weighted by molar-refractivity contribution is -0.387. The molecule has 17 heavy (non-hydrogen) atoms. The Morgan fingerprint density at radius 1 is 1.71 bits per heavy atom. The second-order valence-electron chi connectivity index (χ2n) is 3.25. The summed E-state index contributed by atoms with van der Waals surface area (Å²) in [4.78, 5) is 17.9. The Morgan fingerprint density at radius 3 is 3.00 bits per heavy atom. The molecule has 0 aliphatic rings. The largest absolute Gasteiger partial charge is 0.388 e. The molecule has 0 radical (unpaired) electrons. The highest BCUT2D eigenvalue weighted by molar-refractivity contribution is 8.01. The van der Waals surface area contributed by atoms with Crippen molar-refractivity contribution in [3.63, 3.8) is 0 Å². The fraction of sp³-hybridized carbons (Fsp3) is 0.222. The van der Waals surface area contributed by atoms with E-state index in [-0.39, 0.29) is 5.69 Å². The average molecular weight is 271 g/mol. The number of nitrogens with one attached hydrogen (secondary N) is 1. The molecule has 90 valence electrons. The maximum Gasteiger partial charge on any atom is 0.294 e. The summed E-state index contributed by atoms with van der Waals surface area (Å²) in [6, 6.07) is 1.40. The number of imidazole rings is 1. The van der Waals surface area contributed by atoms with Gasteiger partial charge in [0.2, 0.25) is 0 Å². The zero-order chi connectivity index (χ0) is 12.4. The van der Waals surface area contributed by atoms with Crippen LogP contribution in [0.5, 0.6) is 0 Å². The Morgan fingerprint density at radius 2 is 2.47 bits per heavy atom. The molecule has 0 saturated heterocycles. The van der Waals surface area contributed by atoms with E-state index in [9.17, 15) is 15.2 Å². The molecule has 0 saturated carbocycles. The third-order valence-electron chi connectivity index (χ3n) is 1.97. The zero-order valence-electron chi connectivity index (χ0n) is 8.78. The SMILES string of the molecule is C[C@H](O)c1cc([N+](=O)[O-])c(Sc2ncc[nH]2)s1. The van der Waals surface area contributed by atoms with Crippen LogP contribution in [0.15, 0.2) is 27.8 Å². The fourth-order valence-electron chi connectivity index (χ4n) is 1.18. The van der Waals surface area contributed by atoms with Crippen LogP contribution in [0, 0.1) is 10.1 Å². The van der Waals surface area contributed by atoms with E-state index in [1.54, 1.807) is 19.3 Å². The van der Waals surface area contributed by atoms with Crippen LogP contribution in [0.25, 0.3) is 0 Å². The number of aliphatic hydroxyl groups is 1. The lowest BCUT2D eigenvalue weighted by Gasteiger charge is -1.95. The predicted molar refractivity (Wildman–Crippen MR) is 64.3 cm³/mol. The molecule has 2 aromatic heterocycles. The van der Waals surface area contributed by atoms with E-state index in [2.05, 4.69) is 9.97 Å². The van der Waals surface area contributed by atoms with Crippen LogP contribution in [0.4, 0.5) is 5.69 Å². The number of thiophene rings is 1. The highest BCUT2D eigenvalue weighted by atomic mass is 32.2. The first kappa shape index (κ1) is 12.1. The molecule has 6 nitrogen and oxygen atoms in total. The number of nitrogens with zero attached hydrogens (tertiary/aromatic N) is 2. The van der Waals surface area contributed by atoms with Crippen molar-refractivity contribution < 1.29 is 10.0 Å². The third kappa shape index (κ3) is 2.65. The van der Waals surface area contributed by atoms with Crippen molar-refractivity contribution >= 4 is 28.8 Å². The van der Waals surface area contributed by atoms with Gasteiger partial charge in [0.05, 0.1) is 11.0 Å². The van der Waals surface area contributed by atoms with Gasteiger partial charge < -0.3 is 10.1 Å². The second kappa shape index (κ2) is 4.86. The monoisotopic (exact) mass is 271 g/mol. The summed E-state index contributed by atoms with van der Waals surface area (Å²) in [5, 5.41) is 20.9. The van der Waals surface area contributed by atoms with Crippen LogP contribution >= 0.6 is 23.1 Å². The maximum absolute atomic E-state index is 10.9. The van der Waals surface area contributed by atoms with Gasteiger partial charge in [0.1, 0.15) is 4.21 Å². The van der Waals surface area contributed by atoms with Crippen molar-refractivity contribution in [2.75, 3.05) is 0 Å². The van der Waals surface area contributed by atoms with Gasteiger partial charge in [-0.1, -0.05) is 0 Å². The summed E-state index contributed by atoms with van der Waals surface area (Å²) in [5.41, 5.74) is 0.00676. The first-order valence-corrected chi connectivity index (χ1v) is 6.34. The Labute approximate surface area is 105 Å². The number of nitro groups is 1. The zero-order valence-corrected chi connectivity index (χ0v) is 10.4. The van der Waals surface area contributed by atoms with Crippen LogP contribution in [-0.2, 0) is 0 Å². The van der Waals surface area contributed by atoms with E-state index in [0.29, 0.717) is 14.2 Å². The van der Waals surface area contributed by atoms with E-state index in [1.165, 1.54) is 29.2 Å². The molecule has 0 bridgehead atoms. The Balaban J connectivity index is 2.34. The molecular formula is C9H9N3O3S2. The van der Waals surface area contributed by atoms with Gasteiger partial charge >= 0.3 is 0 Å². The van der Waals surface area contributed by atoms with E-state index in [0.717, 1.165) is 0 Å². The molecular weight excluding hydrogens is 262 g/mol. The molecule has 2 rings (SSSR count). The lowest BCUT2D eigenvalue weighted by atomic mass is 10.3. The van der Waals surface area contributed by atoms with Gasteiger partial charge in [-0.3, -0.25) is 10.1 Å². The minimum Gasteiger partial charge on any atom is -0.388 e. The first-order chi connectivity index (χ1) is 8.08. The van der Waals surface area contributed by atoms with Crippen molar-refractivity contribution in [2.45, 2.75) is 22.4 Å². The number of hydrogen-bond acceptors (Lipinski definition) is 6. The van der Waals surface area contributed by atoms with E-state index in [4.69, 9.17) is 0 Å². The summed E-state index contributed by atoms with van der Waals surface area (Å²) in [6.07, 6.45) is 2.53. The summed E-state index contributed by atoms with van der Waals surface area (Å²) in [5.74, 6) is 0. The van der Waals surface area contributed by atoms with E-state index in [1.807, 2.05) is 0 Å². The van der Waals surface area contributed by atoms with Crippen molar-refractivity contribution in [1.29, 1.82) is 0 Å². The maximum atomic E-state index is 10.9. The second-order valence-corrected chi connectivity index (χ2v) is 5.59. The normalized spacial score (nSPS) is 12.6. The molecule has 0 amide bonds. The van der Waals surface area contributed by atoms with Crippen LogP contribution in [0.3, 0.4) is 0 Å².